The average Bonchev–Trinajstić information content (AvgIpc) is 2.31. The number of nitrogens with one attached hydrogen (secondary N) is 1. The molecule has 2 aliphatic heterocycles. The van der Waals surface area contributed by atoms with Gasteiger partial charge in [-0.25, -0.2) is 0 Å². The third kappa shape index (κ3) is 3.19. The van der Waals surface area contributed by atoms with E-state index in [0.717, 1.165) is 19.1 Å². The number of nitrogens with zero attached hydrogens (tertiary/aromatic N) is 1. The first-order chi connectivity index (χ1) is 7.79. The Kier molecular flexibility index (Phi) is 4.62. The molecule has 1 N–H and O–H groups in total. The van der Waals surface area contributed by atoms with Crippen molar-refractivity contribution in [3.63, 3.8) is 0 Å². The van der Waals surface area contributed by atoms with Crippen LogP contribution in [-0.2, 0) is 4.74 Å². The summed E-state index contributed by atoms with van der Waals surface area (Å²) in [5.41, 5.74) is 0. The molecule has 94 valence electrons. The van der Waals surface area contributed by atoms with Crippen molar-refractivity contribution in [3.8, 4) is 0 Å². The monoisotopic (exact) mass is 226 g/mol. The predicted octanol–water partition coefficient (Wildman–Crippen LogP) is 1.49. The van der Waals surface area contributed by atoms with Gasteiger partial charge in [-0.05, 0) is 45.2 Å². The van der Waals surface area contributed by atoms with Gasteiger partial charge in [0.2, 0.25) is 0 Å². The molecule has 0 radical (unpaired) electrons. The third-order valence-corrected chi connectivity index (χ3v) is 3.94. The smallest absolute Gasteiger partial charge is 0.0674 e. The molecule has 2 aliphatic rings. The Labute approximate surface area is 99.5 Å². The summed E-state index contributed by atoms with van der Waals surface area (Å²) in [5, 5.41) is 3.51. The molecule has 0 aliphatic carbocycles. The first-order valence-corrected chi connectivity index (χ1v) is 6.86. The molecule has 3 unspecified atom stereocenters. The van der Waals surface area contributed by atoms with E-state index in [1.54, 1.807) is 0 Å². The average molecular weight is 226 g/mol. The molecule has 16 heavy (non-hydrogen) atoms. The summed E-state index contributed by atoms with van der Waals surface area (Å²) in [6, 6.07) is 0.651. The van der Waals surface area contributed by atoms with Crippen LogP contribution in [0.4, 0.5) is 0 Å². The van der Waals surface area contributed by atoms with Crippen molar-refractivity contribution >= 4 is 0 Å². The second-order valence-electron chi connectivity index (χ2n) is 5.37. The van der Waals surface area contributed by atoms with Crippen LogP contribution >= 0.6 is 0 Å². The molecule has 0 amide bonds. The van der Waals surface area contributed by atoms with E-state index >= 15 is 0 Å². The Morgan fingerprint density at radius 1 is 1.44 bits per heavy atom. The van der Waals surface area contributed by atoms with Gasteiger partial charge in [0.25, 0.3) is 0 Å². The molecule has 3 atom stereocenters. The summed E-state index contributed by atoms with van der Waals surface area (Å²) in [6.07, 6.45) is 4.38. The van der Waals surface area contributed by atoms with Gasteiger partial charge in [-0.2, -0.15) is 0 Å². The summed E-state index contributed by atoms with van der Waals surface area (Å²) in [6.45, 7) is 10.2. The number of hydrogen-bond acceptors (Lipinski definition) is 3. The van der Waals surface area contributed by atoms with E-state index in [-0.39, 0.29) is 0 Å². The number of piperidine rings is 1. The van der Waals surface area contributed by atoms with Crippen molar-refractivity contribution < 1.29 is 4.74 Å². The van der Waals surface area contributed by atoms with Crippen LogP contribution in [0.5, 0.6) is 0 Å². The van der Waals surface area contributed by atoms with Gasteiger partial charge in [-0.3, -0.25) is 4.90 Å². The highest BCUT2D eigenvalue weighted by Gasteiger charge is 2.27. The van der Waals surface area contributed by atoms with Crippen LogP contribution in [0.1, 0.15) is 33.1 Å². The molecule has 2 rings (SSSR count). The zero-order valence-electron chi connectivity index (χ0n) is 10.7. The van der Waals surface area contributed by atoms with Crippen LogP contribution in [0.2, 0.25) is 0 Å². The minimum atomic E-state index is 0.416. The largest absolute Gasteiger partial charge is 0.376 e. The van der Waals surface area contributed by atoms with Crippen molar-refractivity contribution in [2.24, 2.45) is 5.92 Å². The van der Waals surface area contributed by atoms with Gasteiger partial charge < -0.3 is 10.1 Å². The molecule has 3 heteroatoms. The molecule has 0 bridgehead atoms. The summed E-state index contributed by atoms with van der Waals surface area (Å²) < 4.78 is 5.74. The van der Waals surface area contributed by atoms with Gasteiger partial charge in [0.15, 0.2) is 0 Å². The fraction of sp³-hybridized carbons (Fsp3) is 1.00. The van der Waals surface area contributed by atoms with Crippen molar-refractivity contribution in [1.29, 1.82) is 0 Å². The predicted molar refractivity (Wildman–Crippen MR) is 66.7 cm³/mol. The van der Waals surface area contributed by atoms with Gasteiger partial charge in [0, 0.05) is 19.1 Å². The highest BCUT2D eigenvalue weighted by atomic mass is 16.5. The maximum absolute atomic E-state index is 5.74. The minimum absolute atomic E-state index is 0.416. The highest BCUT2D eigenvalue weighted by molar-refractivity contribution is 4.81. The lowest BCUT2D eigenvalue weighted by Crippen LogP contribution is -2.51. The molecule has 2 fully saturated rings. The Morgan fingerprint density at radius 3 is 3.00 bits per heavy atom. The van der Waals surface area contributed by atoms with Crippen LogP contribution < -0.4 is 5.32 Å². The van der Waals surface area contributed by atoms with Crippen molar-refractivity contribution in [1.82, 2.24) is 10.2 Å². The Morgan fingerprint density at radius 2 is 2.31 bits per heavy atom. The fourth-order valence-corrected chi connectivity index (χ4v) is 2.92. The minimum Gasteiger partial charge on any atom is -0.376 e. The van der Waals surface area contributed by atoms with E-state index in [1.807, 2.05) is 0 Å². The van der Waals surface area contributed by atoms with Gasteiger partial charge in [0.1, 0.15) is 0 Å². The van der Waals surface area contributed by atoms with Gasteiger partial charge >= 0.3 is 0 Å². The van der Waals surface area contributed by atoms with Gasteiger partial charge in [-0.15, -0.1) is 0 Å². The van der Waals surface area contributed by atoms with E-state index in [2.05, 4.69) is 24.1 Å². The molecule has 3 nitrogen and oxygen atoms in total. The van der Waals surface area contributed by atoms with Crippen molar-refractivity contribution in [2.75, 3.05) is 32.8 Å². The standard InChI is InChI=1S/C13H26N2O/c1-3-13-10-16-11(2)8-15(13)9-12-5-4-6-14-7-12/h11-14H,3-10H2,1-2H3. The summed E-state index contributed by atoms with van der Waals surface area (Å²) in [4.78, 5) is 2.66. The quantitative estimate of drug-likeness (QED) is 0.789. The van der Waals surface area contributed by atoms with Gasteiger partial charge in [0.05, 0.1) is 12.7 Å². The first kappa shape index (κ1) is 12.3. The van der Waals surface area contributed by atoms with Crippen LogP contribution in [0.3, 0.4) is 0 Å². The van der Waals surface area contributed by atoms with Crippen LogP contribution in [-0.4, -0.2) is 49.8 Å². The second-order valence-corrected chi connectivity index (χ2v) is 5.37. The molecule has 2 saturated heterocycles. The third-order valence-electron chi connectivity index (χ3n) is 3.94. The number of rotatable bonds is 3. The van der Waals surface area contributed by atoms with E-state index in [9.17, 15) is 0 Å². The molecular weight excluding hydrogens is 200 g/mol. The SMILES string of the molecule is CCC1COC(C)CN1CC1CCCNC1. The molecule has 0 aromatic rings. The summed E-state index contributed by atoms with van der Waals surface area (Å²) >= 11 is 0. The highest BCUT2D eigenvalue weighted by Crippen LogP contribution is 2.19. The number of hydrogen-bond donors (Lipinski definition) is 1. The Balaban J connectivity index is 1.84. The van der Waals surface area contributed by atoms with Crippen LogP contribution in [0, 0.1) is 5.92 Å². The Hall–Kier alpha value is -0.120. The lowest BCUT2D eigenvalue weighted by atomic mass is 9.97. The van der Waals surface area contributed by atoms with E-state index in [1.165, 1.54) is 38.9 Å². The lowest BCUT2D eigenvalue weighted by Gasteiger charge is -2.40. The Bertz CT molecular complexity index is 204. The molecule has 0 spiro atoms. The number of morpholine rings is 1. The van der Waals surface area contributed by atoms with E-state index in [4.69, 9.17) is 4.74 Å². The van der Waals surface area contributed by atoms with Crippen LogP contribution in [0.25, 0.3) is 0 Å². The topological polar surface area (TPSA) is 24.5 Å². The second kappa shape index (κ2) is 5.99. The first-order valence-electron chi connectivity index (χ1n) is 6.86. The molecule has 0 aromatic heterocycles. The molecule has 0 saturated carbocycles. The zero-order valence-corrected chi connectivity index (χ0v) is 10.7. The van der Waals surface area contributed by atoms with Crippen LogP contribution in [0.15, 0.2) is 0 Å². The summed E-state index contributed by atoms with van der Waals surface area (Å²) in [5.74, 6) is 0.855. The van der Waals surface area contributed by atoms with Crippen molar-refractivity contribution in [2.45, 2.75) is 45.3 Å². The molecule has 0 aromatic carbocycles. The molecule has 2 heterocycles. The maximum atomic E-state index is 5.74. The lowest BCUT2D eigenvalue weighted by molar-refractivity contribution is -0.0614. The fourth-order valence-electron chi connectivity index (χ4n) is 2.92. The van der Waals surface area contributed by atoms with E-state index < -0.39 is 0 Å². The number of ether oxygens (including phenoxy) is 1. The molecular formula is C13H26N2O. The summed E-state index contributed by atoms with van der Waals surface area (Å²) in [7, 11) is 0. The van der Waals surface area contributed by atoms with Gasteiger partial charge in [-0.1, -0.05) is 6.92 Å². The van der Waals surface area contributed by atoms with Crippen molar-refractivity contribution in [3.05, 3.63) is 0 Å². The zero-order chi connectivity index (χ0) is 11.4. The normalized spacial score (nSPS) is 37.5. The van der Waals surface area contributed by atoms with E-state index in [0.29, 0.717) is 12.1 Å². The maximum Gasteiger partial charge on any atom is 0.0674 e.